The molecule has 0 saturated carbocycles. The van der Waals surface area contributed by atoms with Crippen LogP contribution in [0.25, 0.3) is 0 Å². The van der Waals surface area contributed by atoms with Crippen LogP contribution in [0.4, 0.5) is 4.39 Å². The lowest BCUT2D eigenvalue weighted by molar-refractivity contribution is 0.290. The summed E-state index contributed by atoms with van der Waals surface area (Å²) in [5.41, 5.74) is 7.37. The molecule has 1 aromatic carbocycles. The summed E-state index contributed by atoms with van der Waals surface area (Å²) in [6.45, 7) is 3.58. The van der Waals surface area contributed by atoms with Gasteiger partial charge < -0.3 is 5.73 Å². The predicted molar refractivity (Wildman–Crippen MR) is 58.4 cm³/mol. The molecule has 2 N–H and O–H groups in total. The minimum absolute atomic E-state index is 0.357. The third-order valence-electron chi connectivity index (χ3n) is 2.22. The van der Waals surface area contributed by atoms with Gasteiger partial charge in [0.15, 0.2) is 0 Å². The molecule has 0 radical (unpaired) electrons. The Morgan fingerprint density at radius 2 is 2.14 bits per heavy atom. The molecule has 0 heterocycles. The third kappa shape index (κ3) is 2.96. The fourth-order valence-corrected chi connectivity index (χ4v) is 1.36. The van der Waals surface area contributed by atoms with Crippen LogP contribution in [0.2, 0.25) is 5.02 Å². The van der Waals surface area contributed by atoms with Gasteiger partial charge in [-0.05, 0) is 31.0 Å². The maximum Gasteiger partial charge on any atom is 0.119 e. The van der Waals surface area contributed by atoms with E-state index in [2.05, 4.69) is 0 Å². The number of benzene rings is 1. The number of hydrogen-bond donors (Lipinski definition) is 1. The van der Waals surface area contributed by atoms with Crippen molar-refractivity contribution >= 4 is 11.6 Å². The van der Waals surface area contributed by atoms with E-state index in [0.29, 0.717) is 11.4 Å². The molecule has 1 aromatic rings. The molecule has 0 aliphatic rings. The largest absolute Gasteiger partial charge is 0.325 e. The summed E-state index contributed by atoms with van der Waals surface area (Å²) < 4.78 is 13.3. The van der Waals surface area contributed by atoms with E-state index in [9.17, 15) is 4.39 Å². The van der Waals surface area contributed by atoms with E-state index in [1.807, 2.05) is 19.1 Å². The standard InChI is InChI=1S/C11H15ClFN/c1-7-5-9(3-4-10(7)12)6-11(13)8(2)14/h3-5,8,11H,6,14H2,1-2H3. The Morgan fingerprint density at radius 1 is 1.50 bits per heavy atom. The van der Waals surface area contributed by atoms with Crippen LogP contribution in [-0.4, -0.2) is 12.2 Å². The fraction of sp³-hybridized carbons (Fsp3) is 0.455. The highest BCUT2D eigenvalue weighted by Crippen LogP contribution is 2.18. The molecule has 0 saturated heterocycles. The van der Waals surface area contributed by atoms with Crippen LogP contribution in [0.5, 0.6) is 0 Å². The Balaban J connectivity index is 2.73. The Hall–Kier alpha value is -0.600. The van der Waals surface area contributed by atoms with Crippen LogP contribution in [0.15, 0.2) is 18.2 Å². The molecule has 0 fully saturated rings. The van der Waals surface area contributed by atoms with Gasteiger partial charge >= 0.3 is 0 Å². The number of hydrogen-bond acceptors (Lipinski definition) is 1. The second-order valence-electron chi connectivity index (χ2n) is 3.66. The Morgan fingerprint density at radius 3 is 2.64 bits per heavy atom. The Kier molecular flexibility index (Phi) is 3.90. The summed E-state index contributed by atoms with van der Waals surface area (Å²) in [7, 11) is 0. The highest BCUT2D eigenvalue weighted by molar-refractivity contribution is 6.31. The van der Waals surface area contributed by atoms with Crippen LogP contribution in [0, 0.1) is 6.92 Å². The molecule has 2 unspecified atom stereocenters. The quantitative estimate of drug-likeness (QED) is 0.825. The normalized spacial score (nSPS) is 15.2. The second kappa shape index (κ2) is 4.76. The minimum atomic E-state index is -0.990. The van der Waals surface area contributed by atoms with Crippen molar-refractivity contribution in [3.63, 3.8) is 0 Å². The highest BCUT2D eigenvalue weighted by Gasteiger charge is 2.12. The van der Waals surface area contributed by atoms with Gasteiger partial charge in [0.05, 0.1) is 0 Å². The van der Waals surface area contributed by atoms with Gasteiger partial charge in [-0.15, -0.1) is 0 Å². The molecule has 0 aliphatic heterocycles. The number of rotatable bonds is 3. The van der Waals surface area contributed by atoms with Crippen LogP contribution in [0.3, 0.4) is 0 Å². The average molecular weight is 216 g/mol. The van der Waals surface area contributed by atoms with Gasteiger partial charge in [-0.2, -0.15) is 0 Å². The number of aryl methyl sites for hydroxylation is 1. The Labute approximate surface area is 89.1 Å². The first-order valence-corrected chi connectivity index (χ1v) is 5.03. The molecular weight excluding hydrogens is 201 g/mol. The van der Waals surface area contributed by atoms with Crippen molar-refractivity contribution in [2.75, 3.05) is 0 Å². The van der Waals surface area contributed by atoms with Crippen molar-refractivity contribution in [2.45, 2.75) is 32.5 Å². The van der Waals surface area contributed by atoms with Crippen molar-refractivity contribution < 1.29 is 4.39 Å². The van der Waals surface area contributed by atoms with Crippen LogP contribution in [-0.2, 0) is 6.42 Å². The summed E-state index contributed by atoms with van der Waals surface area (Å²) >= 11 is 5.86. The molecule has 1 rings (SSSR count). The summed E-state index contributed by atoms with van der Waals surface area (Å²) in [5, 5.41) is 0.713. The molecule has 0 aromatic heterocycles. The molecule has 0 amide bonds. The summed E-state index contributed by atoms with van der Waals surface area (Å²) in [4.78, 5) is 0. The number of halogens is 2. The average Bonchev–Trinajstić information content (AvgIpc) is 2.11. The zero-order chi connectivity index (χ0) is 10.7. The van der Waals surface area contributed by atoms with E-state index in [-0.39, 0.29) is 0 Å². The van der Waals surface area contributed by atoms with Gasteiger partial charge in [0.25, 0.3) is 0 Å². The van der Waals surface area contributed by atoms with E-state index in [0.717, 1.165) is 11.1 Å². The van der Waals surface area contributed by atoms with E-state index < -0.39 is 12.2 Å². The van der Waals surface area contributed by atoms with Crippen molar-refractivity contribution in [1.29, 1.82) is 0 Å². The number of alkyl halides is 1. The topological polar surface area (TPSA) is 26.0 Å². The molecule has 1 nitrogen and oxygen atoms in total. The molecule has 3 heteroatoms. The molecule has 0 aliphatic carbocycles. The predicted octanol–water partition coefficient (Wildman–Crippen LogP) is 2.88. The van der Waals surface area contributed by atoms with Gasteiger partial charge in [-0.3, -0.25) is 0 Å². The van der Waals surface area contributed by atoms with Crippen LogP contribution in [0.1, 0.15) is 18.1 Å². The van der Waals surface area contributed by atoms with Gasteiger partial charge in [-0.1, -0.05) is 23.7 Å². The van der Waals surface area contributed by atoms with Gasteiger partial charge in [0.2, 0.25) is 0 Å². The lowest BCUT2D eigenvalue weighted by Crippen LogP contribution is -2.29. The zero-order valence-electron chi connectivity index (χ0n) is 8.43. The van der Waals surface area contributed by atoms with Gasteiger partial charge in [-0.25, -0.2) is 4.39 Å². The maximum atomic E-state index is 13.3. The van der Waals surface area contributed by atoms with E-state index >= 15 is 0 Å². The fourth-order valence-electron chi connectivity index (χ4n) is 1.24. The van der Waals surface area contributed by atoms with E-state index in [1.54, 1.807) is 13.0 Å². The second-order valence-corrected chi connectivity index (χ2v) is 4.07. The monoisotopic (exact) mass is 215 g/mol. The van der Waals surface area contributed by atoms with Gasteiger partial charge in [0, 0.05) is 17.5 Å². The summed E-state index contributed by atoms with van der Waals surface area (Å²) in [5.74, 6) is 0. The lowest BCUT2D eigenvalue weighted by atomic mass is 10.0. The molecule has 78 valence electrons. The first-order valence-electron chi connectivity index (χ1n) is 4.65. The molecule has 0 bridgehead atoms. The minimum Gasteiger partial charge on any atom is -0.325 e. The molecular formula is C11H15ClFN. The highest BCUT2D eigenvalue weighted by atomic mass is 35.5. The maximum absolute atomic E-state index is 13.3. The van der Waals surface area contributed by atoms with Crippen LogP contribution < -0.4 is 5.73 Å². The zero-order valence-corrected chi connectivity index (χ0v) is 9.18. The van der Waals surface area contributed by atoms with Gasteiger partial charge in [0.1, 0.15) is 6.17 Å². The summed E-state index contributed by atoms with van der Waals surface area (Å²) in [6, 6.07) is 5.10. The van der Waals surface area contributed by atoms with E-state index in [4.69, 9.17) is 17.3 Å². The molecule has 14 heavy (non-hydrogen) atoms. The number of nitrogens with two attached hydrogens (primary N) is 1. The molecule has 0 spiro atoms. The van der Waals surface area contributed by atoms with Crippen molar-refractivity contribution in [1.82, 2.24) is 0 Å². The SMILES string of the molecule is Cc1cc(CC(F)C(C)N)ccc1Cl. The lowest BCUT2D eigenvalue weighted by Gasteiger charge is -2.12. The van der Waals surface area contributed by atoms with E-state index in [1.165, 1.54) is 0 Å². The van der Waals surface area contributed by atoms with Crippen molar-refractivity contribution in [2.24, 2.45) is 5.73 Å². The van der Waals surface area contributed by atoms with Crippen molar-refractivity contribution in [3.8, 4) is 0 Å². The third-order valence-corrected chi connectivity index (χ3v) is 2.65. The van der Waals surface area contributed by atoms with Crippen molar-refractivity contribution in [3.05, 3.63) is 34.3 Å². The van der Waals surface area contributed by atoms with Crippen LogP contribution >= 0.6 is 11.6 Å². The smallest absolute Gasteiger partial charge is 0.119 e. The molecule has 2 atom stereocenters. The summed E-state index contributed by atoms with van der Waals surface area (Å²) in [6.07, 6.45) is -0.633. The Bertz CT molecular complexity index is 312. The first kappa shape index (κ1) is 11.5. The first-order chi connectivity index (χ1) is 6.50.